The second-order valence-corrected chi connectivity index (χ2v) is 3.21. The quantitative estimate of drug-likeness (QED) is 0.824. The van der Waals surface area contributed by atoms with Crippen molar-refractivity contribution in [1.82, 2.24) is 0 Å². The first kappa shape index (κ1) is 11.7. The number of hydrogen-bond donors (Lipinski definition) is 1. The van der Waals surface area contributed by atoms with E-state index in [2.05, 4.69) is 0 Å². The van der Waals surface area contributed by atoms with Crippen molar-refractivity contribution in [1.29, 1.82) is 0 Å². The second-order valence-electron chi connectivity index (χ2n) is 3.21. The minimum absolute atomic E-state index is 0.176. The standard InChI is InChI=1S/C11H17NO3/c1-7(12)10-8(13-2)5-6-9(14-3)11(10)15-4/h5-7H,12H2,1-4H3. The molecule has 0 aliphatic heterocycles. The molecule has 1 unspecified atom stereocenters. The van der Waals surface area contributed by atoms with E-state index in [4.69, 9.17) is 19.9 Å². The molecule has 4 heteroatoms. The van der Waals surface area contributed by atoms with E-state index in [1.165, 1.54) is 0 Å². The van der Waals surface area contributed by atoms with Gasteiger partial charge in [0.25, 0.3) is 0 Å². The Labute approximate surface area is 89.9 Å². The fourth-order valence-corrected chi connectivity index (χ4v) is 1.54. The molecule has 0 saturated carbocycles. The van der Waals surface area contributed by atoms with Gasteiger partial charge in [-0.1, -0.05) is 0 Å². The summed E-state index contributed by atoms with van der Waals surface area (Å²) in [5, 5.41) is 0. The highest BCUT2D eigenvalue weighted by Gasteiger charge is 2.18. The molecule has 1 aromatic carbocycles. The predicted molar refractivity (Wildman–Crippen MR) is 58.7 cm³/mol. The number of rotatable bonds is 4. The van der Waals surface area contributed by atoms with Crippen molar-refractivity contribution >= 4 is 0 Å². The van der Waals surface area contributed by atoms with Crippen LogP contribution in [-0.2, 0) is 0 Å². The maximum Gasteiger partial charge on any atom is 0.169 e. The normalized spacial score (nSPS) is 12.1. The molecule has 0 saturated heterocycles. The fourth-order valence-electron chi connectivity index (χ4n) is 1.54. The zero-order chi connectivity index (χ0) is 11.4. The molecule has 0 amide bonds. The fraction of sp³-hybridized carbons (Fsp3) is 0.455. The molecule has 0 fully saturated rings. The minimum atomic E-state index is -0.176. The molecule has 0 aromatic heterocycles. The molecule has 0 spiro atoms. The zero-order valence-electron chi connectivity index (χ0n) is 9.53. The summed E-state index contributed by atoms with van der Waals surface area (Å²) in [4.78, 5) is 0. The highest BCUT2D eigenvalue weighted by Crippen LogP contribution is 2.40. The second kappa shape index (κ2) is 4.89. The summed E-state index contributed by atoms with van der Waals surface area (Å²) in [5.41, 5.74) is 6.69. The molecule has 0 aliphatic carbocycles. The third-order valence-electron chi connectivity index (χ3n) is 2.22. The highest BCUT2D eigenvalue weighted by atomic mass is 16.5. The monoisotopic (exact) mass is 211 g/mol. The lowest BCUT2D eigenvalue weighted by molar-refractivity contribution is 0.341. The smallest absolute Gasteiger partial charge is 0.169 e. The van der Waals surface area contributed by atoms with Crippen molar-refractivity contribution in [3.63, 3.8) is 0 Å². The van der Waals surface area contributed by atoms with Gasteiger partial charge in [-0.15, -0.1) is 0 Å². The minimum Gasteiger partial charge on any atom is -0.496 e. The Kier molecular flexibility index (Phi) is 3.80. The topological polar surface area (TPSA) is 53.7 Å². The maximum absolute atomic E-state index is 5.87. The Morgan fingerprint density at radius 3 is 1.93 bits per heavy atom. The van der Waals surface area contributed by atoms with Crippen molar-refractivity contribution < 1.29 is 14.2 Å². The lowest BCUT2D eigenvalue weighted by Gasteiger charge is -2.18. The summed E-state index contributed by atoms with van der Waals surface area (Å²) < 4.78 is 15.7. The summed E-state index contributed by atoms with van der Waals surface area (Å²) in [5.74, 6) is 2.00. The molecular weight excluding hydrogens is 194 g/mol. The molecule has 84 valence electrons. The Morgan fingerprint density at radius 2 is 1.53 bits per heavy atom. The summed E-state index contributed by atoms with van der Waals surface area (Å²) in [6.07, 6.45) is 0. The molecule has 0 radical (unpaired) electrons. The molecule has 1 rings (SSSR count). The average Bonchev–Trinajstić information content (AvgIpc) is 2.26. The van der Waals surface area contributed by atoms with Gasteiger partial charge in [-0.25, -0.2) is 0 Å². The van der Waals surface area contributed by atoms with E-state index in [1.807, 2.05) is 13.0 Å². The van der Waals surface area contributed by atoms with Gasteiger partial charge >= 0.3 is 0 Å². The molecule has 0 heterocycles. The summed E-state index contributed by atoms with van der Waals surface area (Å²) >= 11 is 0. The SMILES string of the molecule is COc1ccc(OC)c(C(C)N)c1OC. The summed E-state index contributed by atoms with van der Waals surface area (Å²) in [6, 6.07) is 3.44. The summed E-state index contributed by atoms with van der Waals surface area (Å²) in [7, 11) is 4.78. The number of nitrogens with two attached hydrogens (primary N) is 1. The third kappa shape index (κ3) is 2.15. The van der Waals surface area contributed by atoms with Crippen LogP contribution in [0, 0.1) is 0 Å². The van der Waals surface area contributed by atoms with Gasteiger partial charge in [0.15, 0.2) is 11.5 Å². The van der Waals surface area contributed by atoms with Gasteiger partial charge in [-0.2, -0.15) is 0 Å². The van der Waals surface area contributed by atoms with Crippen LogP contribution in [-0.4, -0.2) is 21.3 Å². The van der Waals surface area contributed by atoms with Crippen molar-refractivity contribution in [2.45, 2.75) is 13.0 Å². The van der Waals surface area contributed by atoms with E-state index in [-0.39, 0.29) is 6.04 Å². The van der Waals surface area contributed by atoms with E-state index in [9.17, 15) is 0 Å². The van der Waals surface area contributed by atoms with Crippen LogP contribution < -0.4 is 19.9 Å². The lowest BCUT2D eigenvalue weighted by Crippen LogP contribution is -2.09. The van der Waals surface area contributed by atoms with Gasteiger partial charge in [-0.05, 0) is 19.1 Å². The molecule has 1 aromatic rings. The third-order valence-corrected chi connectivity index (χ3v) is 2.22. The first-order chi connectivity index (χ1) is 7.15. The van der Waals surface area contributed by atoms with Crippen molar-refractivity contribution in [2.24, 2.45) is 5.73 Å². The van der Waals surface area contributed by atoms with Crippen LogP contribution in [0.4, 0.5) is 0 Å². The van der Waals surface area contributed by atoms with Crippen molar-refractivity contribution in [3.8, 4) is 17.2 Å². The first-order valence-electron chi connectivity index (χ1n) is 4.70. The van der Waals surface area contributed by atoms with Gasteiger partial charge in [0, 0.05) is 6.04 Å². The van der Waals surface area contributed by atoms with Crippen LogP contribution in [0.25, 0.3) is 0 Å². The van der Waals surface area contributed by atoms with E-state index in [0.717, 1.165) is 5.56 Å². The van der Waals surface area contributed by atoms with Crippen molar-refractivity contribution in [3.05, 3.63) is 17.7 Å². The first-order valence-corrected chi connectivity index (χ1v) is 4.70. The molecule has 2 N–H and O–H groups in total. The molecule has 0 aliphatic rings. The molecule has 0 bridgehead atoms. The van der Waals surface area contributed by atoms with Gasteiger partial charge in [0.2, 0.25) is 0 Å². The van der Waals surface area contributed by atoms with Crippen LogP contribution >= 0.6 is 0 Å². The van der Waals surface area contributed by atoms with Gasteiger partial charge < -0.3 is 19.9 Å². The molecule has 1 atom stereocenters. The predicted octanol–water partition coefficient (Wildman–Crippen LogP) is 1.73. The van der Waals surface area contributed by atoms with Crippen LogP contribution in [0.15, 0.2) is 12.1 Å². The van der Waals surface area contributed by atoms with E-state index < -0.39 is 0 Å². The number of methoxy groups -OCH3 is 3. The van der Waals surface area contributed by atoms with Crippen LogP contribution in [0.5, 0.6) is 17.2 Å². The Bertz CT molecular complexity index is 337. The number of ether oxygens (including phenoxy) is 3. The largest absolute Gasteiger partial charge is 0.496 e. The lowest BCUT2D eigenvalue weighted by atomic mass is 10.1. The van der Waals surface area contributed by atoms with Gasteiger partial charge in [0.1, 0.15) is 5.75 Å². The number of hydrogen-bond acceptors (Lipinski definition) is 4. The van der Waals surface area contributed by atoms with Crippen LogP contribution in [0.1, 0.15) is 18.5 Å². The van der Waals surface area contributed by atoms with E-state index in [0.29, 0.717) is 17.2 Å². The van der Waals surface area contributed by atoms with Crippen LogP contribution in [0.3, 0.4) is 0 Å². The van der Waals surface area contributed by atoms with Gasteiger partial charge in [0.05, 0.1) is 26.9 Å². The molecule has 4 nitrogen and oxygen atoms in total. The molecular formula is C11H17NO3. The Hall–Kier alpha value is -1.42. The Morgan fingerprint density at radius 1 is 1.00 bits per heavy atom. The van der Waals surface area contributed by atoms with Gasteiger partial charge in [-0.3, -0.25) is 0 Å². The zero-order valence-corrected chi connectivity index (χ0v) is 9.53. The van der Waals surface area contributed by atoms with Crippen molar-refractivity contribution in [2.75, 3.05) is 21.3 Å². The highest BCUT2D eigenvalue weighted by molar-refractivity contribution is 5.55. The molecule has 15 heavy (non-hydrogen) atoms. The Balaban J connectivity index is 3.37. The van der Waals surface area contributed by atoms with Crippen LogP contribution in [0.2, 0.25) is 0 Å². The van der Waals surface area contributed by atoms with E-state index in [1.54, 1.807) is 27.4 Å². The average molecular weight is 211 g/mol. The maximum atomic E-state index is 5.87. The van der Waals surface area contributed by atoms with E-state index >= 15 is 0 Å². The summed E-state index contributed by atoms with van der Waals surface area (Å²) in [6.45, 7) is 1.87. The number of benzene rings is 1.